The molecule has 0 aromatic heterocycles. The minimum atomic E-state index is -3.33. The quantitative estimate of drug-likeness (QED) is 0.809. The van der Waals surface area contributed by atoms with Gasteiger partial charge in [0.15, 0.2) is 0 Å². The van der Waals surface area contributed by atoms with E-state index in [-0.39, 0.29) is 5.75 Å². The van der Waals surface area contributed by atoms with Crippen LogP contribution in [0, 0.1) is 11.8 Å². The van der Waals surface area contributed by atoms with Gasteiger partial charge in [0.2, 0.25) is 10.0 Å². The maximum atomic E-state index is 11.0. The molecule has 1 aromatic rings. The van der Waals surface area contributed by atoms with Crippen molar-refractivity contribution in [2.24, 2.45) is 17.0 Å². The first-order chi connectivity index (χ1) is 10.0. The van der Waals surface area contributed by atoms with Crippen LogP contribution in [0.25, 0.3) is 0 Å². The number of benzene rings is 1. The Morgan fingerprint density at radius 2 is 1.67 bits per heavy atom. The van der Waals surface area contributed by atoms with E-state index >= 15 is 0 Å². The zero-order valence-corrected chi connectivity index (χ0v) is 13.1. The Balaban J connectivity index is 1.61. The molecule has 0 saturated heterocycles. The van der Waals surface area contributed by atoms with Crippen LogP contribution in [0.1, 0.15) is 30.4 Å². The molecule has 0 radical (unpaired) electrons. The molecule has 116 valence electrons. The van der Waals surface area contributed by atoms with Crippen LogP contribution < -0.4 is 10.5 Å². The van der Waals surface area contributed by atoms with Crippen LogP contribution in [0.3, 0.4) is 0 Å². The second-order valence-corrected chi connectivity index (χ2v) is 8.21. The molecule has 2 aliphatic carbocycles. The van der Waals surface area contributed by atoms with E-state index < -0.39 is 10.0 Å². The van der Waals surface area contributed by atoms with Crippen molar-refractivity contribution in [2.75, 3.05) is 12.3 Å². The highest BCUT2D eigenvalue weighted by atomic mass is 32.2. The fraction of sp³-hybridized carbons (Fsp3) is 0.625. The Morgan fingerprint density at radius 3 is 2.19 bits per heavy atom. The highest BCUT2D eigenvalue weighted by Gasteiger charge is 2.38. The monoisotopic (exact) mass is 308 g/mol. The van der Waals surface area contributed by atoms with E-state index in [0.29, 0.717) is 24.3 Å². The van der Waals surface area contributed by atoms with E-state index in [0.717, 1.165) is 19.4 Å². The van der Waals surface area contributed by atoms with Gasteiger partial charge in [-0.25, -0.2) is 13.6 Å². The summed E-state index contributed by atoms with van der Waals surface area (Å²) in [6.45, 7) is 0.741. The second-order valence-electron chi connectivity index (χ2n) is 6.47. The Kier molecular flexibility index (Phi) is 4.33. The summed E-state index contributed by atoms with van der Waals surface area (Å²) >= 11 is 0. The van der Waals surface area contributed by atoms with Crippen molar-refractivity contribution in [1.29, 1.82) is 0 Å². The van der Waals surface area contributed by atoms with Crippen molar-refractivity contribution < 1.29 is 8.42 Å². The van der Waals surface area contributed by atoms with E-state index in [9.17, 15) is 8.42 Å². The lowest BCUT2D eigenvalue weighted by Crippen LogP contribution is -2.39. The smallest absolute Gasteiger partial charge is 0.209 e. The van der Waals surface area contributed by atoms with Crippen molar-refractivity contribution >= 4 is 10.0 Å². The number of fused-ring (bicyclic) bond motifs is 3. The van der Waals surface area contributed by atoms with Crippen molar-refractivity contribution in [2.45, 2.75) is 38.1 Å². The zero-order chi connectivity index (χ0) is 14.9. The lowest BCUT2D eigenvalue weighted by atomic mass is 9.94. The predicted octanol–water partition coefficient (Wildman–Crippen LogP) is 1.45. The van der Waals surface area contributed by atoms with Gasteiger partial charge in [0.25, 0.3) is 0 Å². The van der Waals surface area contributed by atoms with Crippen LogP contribution in [0.15, 0.2) is 24.3 Å². The van der Waals surface area contributed by atoms with E-state index in [1.165, 1.54) is 24.0 Å². The molecule has 0 aliphatic heterocycles. The molecule has 2 aliphatic rings. The van der Waals surface area contributed by atoms with Gasteiger partial charge in [-0.05, 0) is 61.6 Å². The molecule has 4 nitrogen and oxygen atoms in total. The number of primary sulfonamides is 1. The highest BCUT2D eigenvalue weighted by Crippen LogP contribution is 2.39. The lowest BCUT2D eigenvalue weighted by molar-refractivity contribution is 0.343. The fourth-order valence-corrected chi connectivity index (χ4v) is 4.57. The first-order valence-corrected chi connectivity index (χ1v) is 9.55. The second kappa shape index (κ2) is 6.07. The fourth-order valence-electron chi connectivity index (χ4n) is 4.03. The minimum Gasteiger partial charge on any atom is -0.313 e. The Bertz CT molecular complexity index is 567. The van der Waals surface area contributed by atoms with Crippen molar-refractivity contribution in [1.82, 2.24) is 5.32 Å². The maximum Gasteiger partial charge on any atom is 0.209 e. The average Bonchev–Trinajstić information content (AvgIpc) is 2.68. The van der Waals surface area contributed by atoms with Crippen LogP contribution in [0.5, 0.6) is 0 Å². The highest BCUT2D eigenvalue weighted by molar-refractivity contribution is 7.89. The Morgan fingerprint density at radius 1 is 1.10 bits per heavy atom. The first kappa shape index (κ1) is 15.0. The van der Waals surface area contributed by atoms with Crippen molar-refractivity contribution in [3.8, 4) is 0 Å². The number of rotatable bonds is 5. The Labute approximate surface area is 127 Å². The third kappa shape index (κ3) is 3.65. The minimum absolute atomic E-state index is 0.0717. The summed E-state index contributed by atoms with van der Waals surface area (Å²) in [6.07, 6.45) is 5.47. The molecule has 2 atom stereocenters. The first-order valence-electron chi connectivity index (χ1n) is 7.83. The van der Waals surface area contributed by atoms with Crippen molar-refractivity contribution in [3.63, 3.8) is 0 Å². The molecule has 2 unspecified atom stereocenters. The van der Waals surface area contributed by atoms with Crippen LogP contribution in [0.2, 0.25) is 0 Å². The predicted molar refractivity (Wildman–Crippen MR) is 84.4 cm³/mol. The molecule has 21 heavy (non-hydrogen) atoms. The molecule has 1 saturated carbocycles. The maximum absolute atomic E-state index is 11.0. The summed E-state index contributed by atoms with van der Waals surface area (Å²) < 4.78 is 22.0. The standard InChI is InChI=1S/C16H24N2O2S/c17-21(19,20)9-3-8-18-16-14-6-7-15(16)11-13-5-2-1-4-12(13)10-14/h1-2,4-5,14-16,18H,3,6-11H2,(H2,17,19,20). The number of nitrogens with two attached hydrogens (primary N) is 1. The summed E-state index contributed by atoms with van der Waals surface area (Å²) in [5.74, 6) is 1.45. The van der Waals surface area contributed by atoms with Gasteiger partial charge in [0, 0.05) is 6.04 Å². The van der Waals surface area contributed by atoms with Crippen LogP contribution >= 0.6 is 0 Å². The molecular weight excluding hydrogens is 284 g/mol. The van der Waals surface area contributed by atoms with E-state index in [1.807, 2.05) is 0 Å². The lowest BCUT2D eigenvalue weighted by Gasteiger charge is -2.23. The van der Waals surface area contributed by atoms with Gasteiger partial charge in [-0.2, -0.15) is 0 Å². The molecule has 1 fully saturated rings. The summed E-state index contributed by atoms with van der Waals surface area (Å²) in [4.78, 5) is 0. The van der Waals surface area contributed by atoms with Gasteiger partial charge in [-0.3, -0.25) is 0 Å². The number of nitrogens with one attached hydrogen (secondary N) is 1. The van der Waals surface area contributed by atoms with E-state index in [2.05, 4.69) is 29.6 Å². The van der Waals surface area contributed by atoms with Gasteiger partial charge in [0.1, 0.15) is 0 Å². The third-order valence-electron chi connectivity index (χ3n) is 4.99. The van der Waals surface area contributed by atoms with Gasteiger partial charge in [-0.1, -0.05) is 24.3 Å². The molecule has 3 rings (SSSR count). The molecule has 2 bridgehead atoms. The summed E-state index contributed by atoms with van der Waals surface area (Å²) in [5, 5.41) is 8.66. The molecular formula is C16H24N2O2S. The number of sulfonamides is 1. The van der Waals surface area contributed by atoms with Crippen LogP contribution in [0.4, 0.5) is 0 Å². The van der Waals surface area contributed by atoms with E-state index in [1.54, 1.807) is 0 Å². The van der Waals surface area contributed by atoms with Crippen LogP contribution in [-0.2, 0) is 22.9 Å². The molecule has 3 N–H and O–H groups in total. The number of hydrogen-bond donors (Lipinski definition) is 2. The Hall–Kier alpha value is -0.910. The SMILES string of the molecule is NS(=O)(=O)CCCNC1C2CCC1Cc1ccccc1C2. The van der Waals surface area contributed by atoms with Gasteiger partial charge in [0.05, 0.1) is 5.75 Å². The molecule has 5 heteroatoms. The van der Waals surface area contributed by atoms with Gasteiger partial charge < -0.3 is 5.32 Å². The topological polar surface area (TPSA) is 72.2 Å². The molecule has 0 spiro atoms. The van der Waals surface area contributed by atoms with Gasteiger partial charge in [-0.15, -0.1) is 0 Å². The molecule has 0 heterocycles. The number of hydrogen-bond acceptors (Lipinski definition) is 3. The van der Waals surface area contributed by atoms with E-state index in [4.69, 9.17) is 5.14 Å². The normalized spacial score (nSPS) is 28.1. The van der Waals surface area contributed by atoms with Crippen LogP contribution in [-0.4, -0.2) is 26.8 Å². The summed E-state index contributed by atoms with van der Waals surface area (Å²) in [5.41, 5.74) is 3.00. The third-order valence-corrected chi connectivity index (χ3v) is 5.85. The molecule has 1 aromatic carbocycles. The van der Waals surface area contributed by atoms with Gasteiger partial charge >= 0.3 is 0 Å². The molecule has 0 amide bonds. The van der Waals surface area contributed by atoms with Crippen molar-refractivity contribution in [3.05, 3.63) is 35.4 Å². The summed E-state index contributed by atoms with van der Waals surface area (Å²) in [7, 11) is -3.33. The average molecular weight is 308 g/mol. The summed E-state index contributed by atoms with van der Waals surface area (Å²) in [6, 6.07) is 9.30. The largest absolute Gasteiger partial charge is 0.313 e. The zero-order valence-electron chi connectivity index (χ0n) is 12.3.